The molecule has 7 aromatic rings. The standard InChI is InChI=1S/C46H41BO2.C2H6/c1-44(2)28-47(49-46(44,5)6)35-23-33(29-12-8-7-9-13-29)22-34(24-35)32-17-20-37-36-19-16-31(26-40(36)45(3,4)41(37)27-32)30-18-21-43-39(25-30)38-14-10-11-15-42(38)48-43;1-2/h7-27H,28H2,1-6H3;1-2H3. The van der Waals surface area contributed by atoms with Crippen LogP contribution in [-0.2, 0) is 10.1 Å². The van der Waals surface area contributed by atoms with Gasteiger partial charge in [-0.25, -0.2) is 0 Å². The fourth-order valence-corrected chi connectivity index (χ4v) is 8.26. The maximum absolute atomic E-state index is 6.76. The first-order chi connectivity index (χ1) is 24.5. The number of furan rings is 1. The van der Waals surface area contributed by atoms with Gasteiger partial charge in [-0.15, -0.1) is 0 Å². The molecular formula is C48H47BO2. The van der Waals surface area contributed by atoms with Gasteiger partial charge >= 0.3 is 6.92 Å². The normalized spacial score (nSPS) is 16.5. The van der Waals surface area contributed by atoms with Crippen molar-refractivity contribution in [3.05, 3.63) is 139 Å². The molecule has 2 aliphatic rings. The highest BCUT2D eigenvalue weighted by Crippen LogP contribution is 2.51. The van der Waals surface area contributed by atoms with E-state index in [9.17, 15) is 0 Å². The molecule has 3 heteroatoms. The van der Waals surface area contributed by atoms with Crippen LogP contribution in [0.4, 0.5) is 0 Å². The number of para-hydroxylation sites is 1. The van der Waals surface area contributed by atoms with Gasteiger partial charge in [-0.1, -0.05) is 133 Å². The average Bonchev–Trinajstić information content (AvgIpc) is 3.71. The molecule has 0 spiro atoms. The topological polar surface area (TPSA) is 22.4 Å². The molecule has 51 heavy (non-hydrogen) atoms. The second-order valence-corrected chi connectivity index (χ2v) is 15.9. The summed E-state index contributed by atoms with van der Waals surface area (Å²) < 4.78 is 12.9. The molecule has 0 atom stereocenters. The molecule has 1 aliphatic carbocycles. The van der Waals surface area contributed by atoms with Crippen LogP contribution in [0, 0.1) is 5.41 Å². The number of fused-ring (bicyclic) bond motifs is 6. The van der Waals surface area contributed by atoms with Gasteiger partial charge in [0.1, 0.15) is 11.2 Å². The average molecular weight is 667 g/mol. The lowest BCUT2D eigenvalue weighted by atomic mass is 9.54. The largest absolute Gasteiger partial charge is 0.456 e. The van der Waals surface area contributed by atoms with Crippen LogP contribution in [0.15, 0.2) is 132 Å². The Morgan fingerprint density at radius 2 is 1.04 bits per heavy atom. The van der Waals surface area contributed by atoms with Crippen molar-refractivity contribution < 1.29 is 9.07 Å². The van der Waals surface area contributed by atoms with Crippen LogP contribution in [0.3, 0.4) is 0 Å². The third-order valence-corrected chi connectivity index (χ3v) is 11.9. The van der Waals surface area contributed by atoms with Crippen molar-refractivity contribution in [3.8, 4) is 44.5 Å². The minimum atomic E-state index is -0.194. The van der Waals surface area contributed by atoms with E-state index in [0.717, 1.165) is 28.3 Å². The molecule has 6 aromatic carbocycles. The molecule has 0 radical (unpaired) electrons. The lowest BCUT2D eigenvalue weighted by molar-refractivity contribution is 0.0375. The zero-order valence-corrected chi connectivity index (χ0v) is 31.2. The SMILES string of the molecule is CC.CC1(C)c2cc(-c3cc(B4CC(C)(C)C(C)(C)O4)cc(-c4ccccc4)c3)ccc2-c2ccc(-c3ccc4oc5ccccc5c4c3)cc21. The Morgan fingerprint density at radius 1 is 0.490 bits per heavy atom. The van der Waals surface area contributed by atoms with Crippen LogP contribution in [0.2, 0.25) is 6.32 Å². The number of rotatable bonds is 4. The molecule has 0 saturated carbocycles. The molecule has 254 valence electrons. The summed E-state index contributed by atoms with van der Waals surface area (Å²) in [7, 11) is 0. The fourth-order valence-electron chi connectivity index (χ4n) is 8.26. The van der Waals surface area contributed by atoms with E-state index in [1.165, 1.54) is 61.1 Å². The molecule has 0 bridgehead atoms. The van der Waals surface area contributed by atoms with Gasteiger partial charge in [0, 0.05) is 16.2 Å². The number of hydrogen-bond donors (Lipinski definition) is 0. The summed E-state index contributed by atoms with van der Waals surface area (Å²) in [6, 6.07) is 46.8. The quantitative estimate of drug-likeness (QED) is 0.175. The van der Waals surface area contributed by atoms with Gasteiger partial charge in [0.05, 0.1) is 5.60 Å². The molecule has 0 N–H and O–H groups in total. The van der Waals surface area contributed by atoms with Crippen LogP contribution in [0.5, 0.6) is 0 Å². The third kappa shape index (κ3) is 5.45. The van der Waals surface area contributed by atoms with Gasteiger partial charge in [0.25, 0.3) is 0 Å². The van der Waals surface area contributed by atoms with E-state index < -0.39 is 0 Å². The maximum Gasteiger partial charge on any atom is 0.328 e. The minimum absolute atomic E-state index is 0.0558. The predicted octanol–water partition coefficient (Wildman–Crippen LogP) is 13.0. The van der Waals surface area contributed by atoms with E-state index >= 15 is 0 Å². The first kappa shape index (κ1) is 33.3. The summed E-state index contributed by atoms with van der Waals surface area (Å²) >= 11 is 0. The molecule has 1 aliphatic heterocycles. The lowest BCUT2D eigenvalue weighted by Crippen LogP contribution is -2.36. The Balaban J connectivity index is 0.00000184. The summed E-state index contributed by atoms with van der Waals surface area (Å²) in [5, 5.41) is 2.32. The van der Waals surface area contributed by atoms with Crippen LogP contribution in [0.1, 0.15) is 66.5 Å². The predicted molar refractivity (Wildman–Crippen MR) is 218 cm³/mol. The summed E-state index contributed by atoms with van der Waals surface area (Å²) in [6.45, 7) is 17.9. The Kier molecular flexibility index (Phi) is 7.92. The molecule has 2 heterocycles. The number of hydrogen-bond acceptors (Lipinski definition) is 2. The van der Waals surface area contributed by atoms with Gasteiger partial charge in [-0.2, -0.15) is 0 Å². The van der Waals surface area contributed by atoms with E-state index in [2.05, 4.69) is 157 Å². The molecule has 1 fully saturated rings. The Bertz CT molecular complexity index is 2410. The van der Waals surface area contributed by atoms with Gasteiger partial charge in [-0.3, -0.25) is 0 Å². The molecule has 0 unspecified atom stereocenters. The van der Waals surface area contributed by atoms with Crippen LogP contribution >= 0.6 is 0 Å². The first-order valence-electron chi connectivity index (χ1n) is 18.6. The van der Waals surface area contributed by atoms with Crippen molar-refractivity contribution >= 4 is 34.3 Å². The van der Waals surface area contributed by atoms with Crippen LogP contribution in [0.25, 0.3) is 66.4 Å². The second kappa shape index (κ2) is 12.1. The van der Waals surface area contributed by atoms with E-state index in [0.29, 0.717) is 0 Å². The smallest absolute Gasteiger partial charge is 0.328 e. The Morgan fingerprint density at radius 3 is 1.69 bits per heavy atom. The molecule has 9 rings (SSSR count). The monoisotopic (exact) mass is 666 g/mol. The van der Waals surface area contributed by atoms with Crippen molar-refractivity contribution in [2.75, 3.05) is 0 Å². The summed E-state index contributed by atoms with van der Waals surface area (Å²) in [5.74, 6) is 0. The fraction of sp³-hybridized carbons (Fsp3) is 0.250. The Labute approximate surface area is 303 Å². The lowest BCUT2D eigenvalue weighted by Gasteiger charge is -2.34. The van der Waals surface area contributed by atoms with E-state index in [1.807, 2.05) is 26.0 Å². The van der Waals surface area contributed by atoms with Gasteiger partial charge < -0.3 is 9.07 Å². The Hall–Kier alpha value is -4.86. The van der Waals surface area contributed by atoms with Gasteiger partial charge in [0.2, 0.25) is 0 Å². The molecule has 0 amide bonds. The maximum atomic E-state index is 6.76. The summed E-state index contributed by atoms with van der Waals surface area (Å²) in [6.07, 6.45) is 0.996. The highest BCUT2D eigenvalue weighted by molar-refractivity contribution is 6.68. The van der Waals surface area contributed by atoms with Gasteiger partial charge in [0.15, 0.2) is 0 Å². The van der Waals surface area contributed by atoms with Crippen LogP contribution in [-0.4, -0.2) is 12.5 Å². The van der Waals surface area contributed by atoms with Crippen molar-refractivity contribution in [1.29, 1.82) is 0 Å². The van der Waals surface area contributed by atoms with Crippen molar-refractivity contribution in [2.24, 2.45) is 5.41 Å². The molecule has 1 saturated heterocycles. The summed E-state index contributed by atoms with van der Waals surface area (Å²) in [4.78, 5) is 0. The summed E-state index contributed by atoms with van der Waals surface area (Å²) in [5.41, 5.74) is 15.6. The van der Waals surface area contributed by atoms with Crippen LogP contribution < -0.4 is 5.46 Å². The van der Waals surface area contributed by atoms with E-state index in [-0.39, 0.29) is 23.3 Å². The van der Waals surface area contributed by atoms with Crippen molar-refractivity contribution in [1.82, 2.24) is 0 Å². The van der Waals surface area contributed by atoms with E-state index in [4.69, 9.17) is 9.07 Å². The molecular weight excluding hydrogens is 619 g/mol. The zero-order valence-electron chi connectivity index (χ0n) is 31.2. The molecule has 2 nitrogen and oxygen atoms in total. The van der Waals surface area contributed by atoms with Crippen molar-refractivity contribution in [3.63, 3.8) is 0 Å². The third-order valence-electron chi connectivity index (χ3n) is 11.9. The molecule has 1 aromatic heterocycles. The first-order valence-corrected chi connectivity index (χ1v) is 18.6. The van der Waals surface area contributed by atoms with Crippen molar-refractivity contribution in [2.45, 2.75) is 72.7 Å². The highest BCUT2D eigenvalue weighted by atomic mass is 16.5. The highest BCUT2D eigenvalue weighted by Gasteiger charge is 2.50. The van der Waals surface area contributed by atoms with Gasteiger partial charge in [-0.05, 0) is 123 Å². The minimum Gasteiger partial charge on any atom is -0.456 e. The van der Waals surface area contributed by atoms with E-state index in [1.54, 1.807) is 0 Å². The zero-order chi connectivity index (χ0) is 35.7. The second-order valence-electron chi connectivity index (χ2n) is 15.9. The number of benzene rings is 6.